The van der Waals surface area contributed by atoms with Gasteiger partial charge in [0.1, 0.15) is 0 Å². The van der Waals surface area contributed by atoms with Gasteiger partial charge >= 0.3 is 0 Å². The summed E-state index contributed by atoms with van der Waals surface area (Å²) < 4.78 is 25.5. The summed E-state index contributed by atoms with van der Waals surface area (Å²) in [6, 6.07) is 5.76. The maximum Gasteiger partial charge on any atom is 0.251 e. The Morgan fingerprint density at radius 1 is 1.27 bits per heavy atom. The summed E-state index contributed by atoms with van der Waals surface area (Å²) in [4.78, 5) is 12.3. The fourth-order valence-corrected chi connectivity index (χ4v) is 2.40. The molecule has 22 heavy (non-hydrogen) atoms. The molecular formula is C14H24ClN3O3S. The standard InChI is InChI=1S/C14H23N3O3S.ClH/c1-10(2)14(3,9-15)17-13(18)11-5-7-12(8-6-11)21(19,20)16-4;/h5-8,10,16H,9,15H2,1-4H3,(H,17,18);1H. The molecule has 0 aliphatic rings. The largest absolute Gasteiger partial charge is 0.345 e. The molecule has 0 heterocycles. The highest BCUT2D eigenvalue weighted by Gasteiger charge is 2.28. The Bertz CT molecular complexity index is 602. The molecule has 0 radical (unpaired) electrons. The van der Waals surface area contributed by atoms with Crippen molar-refractivity contribution in [1.29, 1.82) is 0 Å². The second kappa shape index (κ2) is 7.92. The molecule has 0 saturated carbocycles. The van der Waals surface area contributed by atoms with E-state index in [1.54, 1.807) is 0 Å². The lowest BCUT2D eigenvalue weighted by Crippen LogP contribution is -2.55. The van der Waals surface area contributed by atoms with Gasteiger partial charge in [0.25, 0.3) is 5.91 Å². The first-order valence-electron chi connectivity index (χ1n) is 6.72. The zero-order chi connectivity index (χ0) is 16.3. The summed E-state index contributed by atoms with van der Waals surface area (Å²) in [5.41, 5.74) is 5.62. The van der Waals surface area contributed by atoms with E-state index in [1.807, 2.05) is 20.8 Å². The molecule has 0 spiro atoms. The fourth-order valence-electron chi connectivity index (χ4n) is 1.67. The maximum absolute atomic E-state index is 12.2. The van der Waals surface area contributed by atoms with Gasteiger partial charge in [-0.25, -0.2) is 13.1 Å². The van der Waals surface area contributed by atoms with Crippen LogP contribution in [-0.4, -0.2) is 33.5 Å². The van der Waals surface area contributed by atoms with Crippen molar-refractivity contribution in [2.45, 2.75) is 31.2 Å². The molecule has 1 aromatic rings. The van der Waals surface area contributed by atoms with E-state index in [4.69, 9.17) is 5.73 Å². The monoisotopic (exact) mass is 349 g/mol. The highest BCUT2D eigenvalue weighted by atomic mass is 35.5. The number of rotatable bonds is 6. The number of hydrogen-bond acceptors (Lipinski definition) is 4. The summed E-state index contributed by atoms with van der Waals surface area (Å²) in [7, 11) is -2.16. The summed E-state index contributed by atoms with van der Waals surface area (Å²) in [5, 5.41) is 2.90. The van der Waals surface area contributed by atoms with Gasteiger partial charge in [-0.1, -0.05) is 13.8 Å². The maximum atomic E-state index is 12.2. The topological polar surface area (TPSA) is 101 Å². The van der Waals surface area contributed by atoms with Gasteiger partial charge in [0.15, 0.2) is 0 Å². The Kier molecular flexibility index (Phi) is 7.50. The molecule has 126 valence electrons. The zero-order valence-electron chi connectivity index (χ0n) is 13.2. The number of nitrogens with two attached hydrogens (primary N) is 1. The minimum Gasteiger partial charge on any atom is -0.345 e. The van der Waals surface area contributed by atoms with E-state index < -0.39 is 15.6 Å². The van der Waals surface area contributed by atoms with Gasteiger partial charge in [-0.15, -0.1) is 12.4 Å². The Balaban J connectivity index is 0.00000441. The van der Waals surface area contributed by atoms with Gasteiger partial charge in [-0.2, -0.15) is 0 Å². The van der Waals surface area contributed by atoms with Crippen LogP contribution in [0.3, 0.4) is 0 Å². The number of amides is 1. The van der Waals surface area contributed by atoms with E-state index in [0.29, 0.717) is 12.1 Å². The third-order valence-electron chi connectivity index (χ3n) is 3.79. The molecule has 6 nitrogen and oxygen atoms in total. The third kappa shape index (κ3) is 4.67. The molecule has 0 saturated heterocycles. The molecule has 0 bridgehead atoms. The number of hydrogen-bond donors (Lipinski definition) is 3. The molecule has 0 fully saturated rings. The van der Waals surface area contributed by atoms with Crippen molar-refractivity contribution in [3.05, 3.63) is 29.8 Å². The molecule has 0 aliphatic heterocycles. The summed E-state index contributed by atoms with van der Waals surface area (Å²) >= 11 is 0. The summed E-state index contributed by atoms with van der Waals surface area (Å²) in [5.74, 6) is -0.0968. The minimum absolute atomic E-state index is 0. The number of carbonyl (C=O) groups excluding carboxylic acids is 1. The lowest BCUT2D eigenvalue weighted by atomic mass is 9.88. The van der Waals surface area contributed by atoms with Crippen LogP contribution in [0.1, 0.15) is 31.1 Å². The lowest BCUT2D eigenvalue weighted by Gasteiger charge is -2.33. The SMILES string of the molecule is CNS(=O)(=O)c1ccc(C(=O)NC(C)(CN)C(C)C)cc1.Cl. The van der Waals surface area contributed by atoms with Gasteiger partial charge in [0, 0.05) is 12.1 Å². The second-order valence-corrected chi connectivity index (χ2v) is 7.35. The van der Waals surface area contributed by atoms with Crippen LogP contribution in [0.2, 0.25) is 0 Å². The first-order chi connectivity index (χ1) is 9.66. The van der Waals surface area contributed by atoms with E-state index >= 15 is 0 Å². The van der Waals surface area contributed by atoms with E-state index in [0.717, 1.165) is 0 Å². The van der Waals surface area contributed by atoms with E-state index in [2.05, 4.69) is 10.0 Å². The van der Waals surface area contributed by atoms with Crippen molar-refractivity contribution < 1.29 is 13.2 Å². The zero-order valence-corrected chi connectivity index (χ0v) is 14.8. The molecule has 1 unspecified atom stereocenters. The molecule has 0 aliphatic carbocycles. The average molecular weight is 350 g/mol. The Morgan fingerprint density at radius 2 is 1.77 bits per heavy atom. The number of carbonyl (C=O) groups is 1. The Hall–Kier alpha value is -1.15. The summed E-state index contributed by atoms with van der Waals surface area (Å²) in [6.45, 7) is 6.17. The van der Waals surface area contributed by atoms with E-state index in [1.165, 1.54) is 31.3 Å². The van der Waals surface area contributed by atoms with Gasteiger partial charge in [0.2, 0.25) is 10.0 Å². The highest BCUT2D eigenvalue weighted by molar-refractivity contribution is 7.89. The molecule has 1 rings (SSSR count). The number of benzene rings is 1. The first kappa shape index (κ1) is 20.9. The average Bonchev–Trinajstić information content (AvgIpc) is 2.46. The van der Waals surface area contributed by atoms with Crippen molar-refractivity contribution in [3.8, 4) is 0 Å². The third-order valence-corrected chi connectivity index (χ3v) is 5.22. The molecule has 1 atom stereocenters. The summed E-state index contributed by atoms with van der Waals surface area (Å²) in [6.07, 6.45) is 0. The number of halogens is 1. The second-order valence-electron chi connectivity index (χ2n) is 5.46. The highest BCUT2D eigenvalue weighted by Crippen LogP contribution is 2.16. The first-order valence-corrected chi connectivity index (χ1v) is 8.21. The van der Waals surface area contributed by atoms with Crippen molar-refractivity contribution in [3.63, 3.8) is 0 Å². The van der Waals surface area contributed by atoms with Crippen molar-refractivity contribution in [2.24, 2.45) is 11.7 Å². The Morgan fingerprint density at radius 3 is 2.14 bits per heavy atom. The van der Waals surface area contributed by atoms with Crippen LogP contribution in [0.4, 0.5) is 0 Å². The predicted molar refractivity (Wildman–Crippen MR) is 89.7 cm³/mol. The number of sulfonamides is 1. The van der Waals surface area contributed by atoms with Crippen LogP contribution in [-0.2, 0) is 10.0 Å². The molecule has 1 amide bonds. The van der Waals surface area contributed by atoms with Gasteiger partial charge in [-0.3, -0.25) is 4.79 Å². The van der Waals surface area contributed by atoms with Crippen molar-refractivity contribution in [2.75, 3.05) is 13.6 Å². The molecular weight excluding hydrogens is 326 g/mol. The van der Waals surface area contributed by atoms with E-state index in [9.17, 15) is 13.2 Å². The quantitative estimate of drug-likeness (QED) is 0.716. The smallest absolute Gasteiger partial charge is 0.251 e. The van der Waals surface area contributed by atoms with Crippen LogP contribution < -0.4 is 15.8 Å². The Labute approximate surface area is 138 Å². The normalized spacial score (nSPS) is 14.1. The molecule has 1 aromatic carbocycles. The van der Waals surface area contributed by atoms with Crippen LogP contribution >= 0.6 is 12.4 Å². The van der Waals surface area contributed by atoms with Gasteiger partial charge < -0.3 is 11.1 Å². The molecule has 4 N–H and O–H groups in total. The van der Waals surface area contributed by atoms with Crippen molar-refractivity contribution in [1.82, 2.24) is 10.0 Å². The lowest BCUT2D eigenvalue weighted by molar-refractivity contribution is 0.0883. The predicted octanol–water partition coefficient (Wildman–Crippen LogP) is 1.12. The van der Waals surface area contributed by atoms with Gasteiger partial charge in [-0.05, 0) is 44.2 Å². The van der Waals surface area contributed by atoms with Crippen LogP contribution in [0, 0.1) is 5.92 Å². The van der Waals surface area contributed by atoms with Crippen LogP contribution in [0.25, 0.3) is 0 Å². The van der Waals surface area contributed by atoms with Gasteiger partial charge in [0.05, 0.1) is 10.4 Å². The fraction of sp³-hybridized carbons (Fsp3) is 0.500. The van der Waals surface area contributed by atoms with Crippen LogP contribution in [0.15, 0.2) is 29.2 Å². The van der Waals surface area contributed by atoms with Crippen LogP contribution in [0.5, 0.6) is 0 Å². The van der Waals surface area contributed by atoms with E-state index in [-0.39, 0.29) is 29.1 Å². The van der Waals surface area contributed by atoms with Crippen molar-refractivity contribution >= 4 is 28.3 Å². The minimum atomic E-state index is -3.50. The molecule has 8 heteroatoms. The molecule has 0 aromatic heterocycles. The number of nitrogens with one attached hydrogen (secondary N) is 2.